The Labute approximate surface area is 208 Å². The number of fused-ring (bicyclic) bond motifs is 1. The van der Waals surface area contributed by atoms with Crippen LogP contribution in [-0.4, -0.2) is 47.0 Å². The SMILES string of the molecule is COC(=O)C1(c2ccc(F)cc2)ON=C2/C(=C/c3ccc(-n4cc(C)nc4C)c(OC)c3)CCCN21. The second-order valence-corrected chi connectivity index (χ2v) is 8.80. The highest BCUT2D eigenvalue weighted by Crippen LogP contribution is 2.41. The average molecular weight is 491 g/mol. The predicted molar refractivity (Wildman–Crippen MR) is 132 cm³/mol. The van der Waals surface area contributed by atoms with Crippen molar-refractivity contribution < 1.29 is 23.5 Å². The molecule has 0 amide bonds. The zero-order chi connectivity index (χ0) is 25.4. The minimum atomic E-state index is -1.60. The van der Waals surface area contributed by atoms with Crippen molar-refractivity contribution in [3.63, 3.8) is 0 Å². The molecule has 2 aliphatic rings. The molecule has 0 spiro atoms. The molecule has 1 fully saturated rings. The van der Waals surface area contributed by atoms with Crippen molar-refractivity contribution >= 4 is 17.9 Å². The lowest BCUT2D eigenvalue weighted by atomic mass is 9.94. The summed E-state index contributed by atoms with van der Waals surface area (Å²) in [6, 6.07) is 11.6. The zero-order valence-corrected chi connectivity index (χ0v) is 20.6. The summed E-state index contributed by atoms with van der Waals surface area (Å²) >= 11 is 0. The summed E-state index contributed by atoms with van der Waals surface area (Å²) in [5.74, 6) is 1.11. The molecule has 3 heterocycles. The van der Waals surface area contributed by atoms with Gasteiger partial charge in [0.1, 0.15) is 17.4 Å². The van der Waals surface area contributed by atoms with Crippen molar-refractivity contribution in [1.29, 1.82) is 0 Å². The maximum atomic E-state index is 13.6. The van der Waals surface area contributed by atoms with Gasteiger partial charge in [-0.05, 0) is 80.3 Å². The third-order valence-corrected chi connectivity index (χ3v) is 6.52. The van der Waals surface area contributed by atoms with Gasteiger partial charge in [-0.25, -0.2) is 14.2 Å². The van der Waals surface area contributed by atoms with Crippen LogP contribution in [0.25, 0.3) is 11.8 Å². The maximum absolute atomic E-state index is 13.6. The summed E-state index contributed by atoms with van der Waals surface area (Å²) in [5, 5.41) is 4.31. The number of rotatable bonds is 5. The van der Waals surface area contributed by atoms with Gasteiger partial charge in [-0.3, -0.25) is 0 Å². The number of nitrogens with zero attached hydrogens (tertiary/aromatic N) is 4. The number of aromatic nitrogens is 2. The fraction of sp³-hybridized carbons (Fsp3) is 0.296. The lowest BCUT2D eigenvalue weighted by Gasteiger charge is -2.37. The molecule has 0 N–H and O–H groups in total. The Morgan fingerprint density at radius 2 is 1.94 bits per heavy atom. The van der Waals surface area contributed by atoms with Gasteiger partial charge in [0.05, 0.1) is 25.6 Å². The summed E-state index contributed by atoms with van der Waals surface area (Å²) < 4.78 is 26.4. The minimum Gasteiger partial charge on any atom is -0.495 e. The largest absolute Gasteiger partial charge is 0.495 e. The van der Waals surface area contributed by atoms with E-state index in [1.165, 1.54) is 31.4 Å². The molecule has 1 saturated heterocycles. The molecule has 1 unspecified atom stereocenters. The number of amidine groups is 1. The summed E-state index contributed by atoms with van der Waals surface area (Å²) in [6.45, 7) is 4.43. The molecule has 5 rings (SSSR count). The first-order valence-electron chi connectivity index (χ1n) is 11.7. The summed E-state index contributed by atoms with van der Waals surface area (Å²) in [5.41, 5.74) is 2.51. The van der Waals surface area contributed by atoms with Crippen LogP contribution in [0.2, 0.25) is 0 Å². The van der Waals surface area contributed by atoms with Gasteiger partial charge in [0.2, 0.25) is 0 Å². The number of benzene rings is 2. The predicted octanol–water partition coefficient (Wildman–Crippen LogP) is 4.49. The van der Waals surface area contributed by atoms with Gasteiger partial charge in [0.25, 0.3) is 0 Å². The molecule has 2 aromatic carbocycles. The number of carbonyl (C=O) groups excluding carboxylic acids is 1. The normalized spacial score (nSPS) is 20.1. The molecule has 0 bridgehead atoms. The topological polar surface area (TPSA) is 78.2 Å². The molecular weight excluding hydrogens is 463 g/mol. The standard InChI is InChI=1S/C27H27FN4O4/c1-17-16-31(18(2)29-17)23-12-7-19(15-24(23)34-3)14-20-6-5-13-32-25(20)30-36-27(32,26(33)35-4)21-8-10-22(28)11-9-21/h7-12,14-16H,5-6,13H2,1-4H3/b20-14+. The van der Waals surface area contributed by atoms with Gasteiger partial charge in [-0.2, -0.15) is 0 Å². The number of imidazole rings is 1. The van der Waals surface area contributed by atoms with E-state index >= 15 is 0 Å². The highest BCUT2D eigenvalue weighted by molar-refractivity contribution is 6.06. The summed E-state index contributed by atoms with van der Waals surface area (Å²) in [4.78, 5) is 25.1. The Bertz CT molecular complexity index is 1380. The van der Waals surface area contributed by atoms with Gasteiger partial charge >= 0.3 is 11.7 Å². The van der Waals surface area contributed by atoms with E-state index in [4.69, 9.17) is 14.3 Å². The molecule has 2 aliphatic heterocycles. The van der Waals surface area contributed by atoms with Crippen LogP contribution < -0.4 is 4.74 Å². The Morgan fingerprint density at radius 3 is 2.61 bits per heavy atom. The van der Waals surface area contributed by atoms with E-state index in [9.17, 15) is 9.18 Å². The number of methoxy groups -OCH3 is 2. The molecule has 3 aromatic rings. The Hall–Kier alpha value is -4.14. The quantitative estimate of drug-likeness (QED) is 0.491. The van der Waals surface area contributed by atoms with Crippen LogP contribution in [0.5, 0.6) is 5.75 Å². The van der Waals surface area contributed by atoms with E-state index in [1.54, 1.807) is 12.0 Å². The highest BCUT2D eigenvalue weighted by Gasteiger charge is 2.56. The first-order valence-corrected chi connectivity index (χ1v) is 11.7. The third kappa shape index (κ3) is 3.80. The average Bonchev–Trinajstić information content (AvgIpc) is 3.44. The molecule has 9 heteroatoms. The molecule has 0 aliphatic carbocycles. The summed E-state index contributed by atoms with van der Waals surface area (Å²) in [7, 11) is 2.94. The number of piperidine rings is 1. The lowest BCUT2D eigenvalue weighted by Crippen LogP contribution is -2.54. The number of hydrogen-bond acceptors (Lipinski definition) is 7. The number of aryl methyl sites for hydroxylation is 2. The smallest absolute Gasteiger partial charge is 0.380 e. The molecular formula is C27H27FN4O4. The number of halogens is 1. The van der Waals surface area contributed by atoms with Crippen molar-refractivity contribution in [3.8, 4) is 11.4 Å². The molecule has 1 aromatic heterocycles. The van der Waals surface area contributed by atoms with E-state index in [1.807, 2.05) is 48.9 Å². The van der Waals surface area contributed by atoms with Crippen LogP contribution in [0, 0.1) is 19.7 Å². The van der Waals surface area contributed by atoms with E-state index in [0.29, 0.717) is 23.7 Å². The molecule has 36 heavy (non-hydrogen) atoms. The van der Waals surface area contributed by atoms with Crippen LogP contribution in [0.4, 0.5) is 4.39 Å². The molecule has 8 nitrogen and oxygen atoms in total. The van der Waals surface area contributed by atoms with Gasteiger partial charge in [-0.1, -0.05) is 11.2 Å². The number of ether oxygens (including phenoxy) is 2. The van der Waals surface area contributed by atoms with Crippen molar-refractivity contribution in [2.24, 2.45) is 5.16 Å². The van der Waals surface area contributed by atoms with Gasteiger partial charge in [0, 0.05) is 18.3 Å². The van der Waals surface area contributed by atoms with Gasteiger partial charge in [-0.15, -0.1) is 0 Å². The van der Waals surface area contributed by atoms with E-state index in [2.05, 4.69) is 10.1 Å². The highest BCUT2D eigenvalue weighted by atomic mass is 19.1. The molecule has 0 radical (unpaired) electrons. The Kier molecular flexibility index (Phi) is 5.99. The van der Waals surface area contributed by atoms with Gasteiger partial charge < -0.3 is 23.8 Å². The molecule has 1 atom stereocenters. The van der Waals surface area contributed by atoms with Crippen molar-refractivity contribution in [2.45, 2.75) is 32.4 Å². The maximum Gasteiger partial charge on any atom is 0.380 e. The zero-order valence-electron chi connectivity index (χ0n) is 20.6. The third-order valence-electron chi connectivity index (χ3n) is 6.52. The Morgan fingerprint density at radius 1 is 1.17 bits per heavy atom. The minimum absolute atomic E-state index is 0.407. The second kappa shape index (κ2) is 9.14. The van der Waals surface area contributed by atoms with E-state index in [0.717, 1.165) is 41.2 Å². The van der Waals surface area contributed by atoms with Crippen LogP contribution >= 0.6 is 0 Å². The van der Waals surface area contributed by atoms with Crippen LogP contribution in [0.1, 0.15) is 35.5 Å². The van der Waals surface area contributed by atoms with Crippen molar-refractivity contribution in [2.75, 3.05) is 20.8 Å². The van der Waals surface area contributed by atoms with Crippen LogP contribution in [0.3, 0.4) is 0 Å². The van der Waals surface area contributed by atoms with Crippen LogP contribution in [-0.2, 0) is 20.1 Å². The van der Waals surface area contributed by atoms with E-state index in [-0.39, 0.29) is 0 Å². The van der Waals surface area contributed by atoms with Crippen molar-refractivity contribution in [3.05, 3.63) is 82.7 Å². The molecule has 0 saturated carbocycles. The second-order valence-electron chi connectivity index (χ2n) is 8.80. The Balaban J connectivity index is 1.51. The number of oxime groups is 1. The number of hydrogen-bond donors (Lipinski definition) is 0. The number of esters is 1. The first kappa shape index (κ1) is 23.6. The van der Waals surface area contributed by atoms with Crippen molar-refractivity contribution in [1.82, 2.24) is 14.5 Å². The van der Waals surface area contributed by atoms with Gasteiger partial charge in [0.15, 0.2) is 5.84 Å². The monoisotopic (exact) mass is 490 g/mol. The first-order chi connectivity index (χ1) is 17.4. The molecule has 186 valence electrons. The van der Waals surface area contributed by atoms with Crippen LogP contribution in [0.15, 0.2) is 59.4 Å². The fourth-order valence-corrected chi connectivity index (χ4v) is 4.86. The summed E-state index contributed by atoms with van der Waals surface area (Å²) in [6.07, 6.45) is 5.52. The number of carbonyl (C=O) groups is 1. The van der Waals surface area contributed by atoms with E-state index < -0.39 is 17.5 Å². The lowest BCUT2D eigenvalue weighted by molar-refractivity contribution is -0.186. The fourth-order valence-electron chi connectivity index (χ4n) is 4.86.